The van der Waals surface area contributed by atoms with Crippen LogP contribution in [0.1, 0.15) is 47.0 Å². The summed E-state index contributed by atoms with van der Waals surface area (Å²) in [7, 11) is 0. The van der Waals surface area contributed by atoms with E-state index in [9.17, 15) is 4.79 Å². The van der Waals surface area contributed by atoms with Crippen molar-refractivity contribution in [3.8, 4) is 0 Å². The molecule has 1 N–H and O–H groups in total. The third-order valence-corrected chi connectivity index (χ3v) is 3.86. The van der Waals surface area contributed by atoms with Gasteiger partial charge in [0.1, 0.15) is 0 Å². The Morgan fingerprint density at radius 2 is 2.11 bits per heavy atom. The van der Waals surface area contributed by atoms with Crippen molar-refractivity contribution >= 4 is 5.97 Å². The summed E-state index contributed by atoms with van der Waals surface area (Å²) < 4.78 is 5.96. The van der Waals surface area contributed by atoms with Gasteiger partial charge in [-0.05, 0) is 43.1 Å². The Bertz CT molecular complexity index is 307. The number of carboxylic acid groups (broad SMARTS) is 1. The molecular weight excluding hydrogens is 228 g/mol. The number of rotatable bonds is 5. The van der Waals surface area contributed by atoms with Gasteiger partial charge >= 0.3 is 5.97 Å². The van der Waals surface area contributed by atoms with Gasteiger partial charge in [-0.15, -0.1) is 0 Å². The van der Waals surface area contributed by atoms with E-state index in [2.05, 4.69) is 20.8 Å². The van der Waals surface area contributed by atoms with Gasteiger partial charge in [0.2, 0.25) is 0 Å². The lowest BCUT2D eigenvalue weighted by molar-refractivity contribution is -0.131. The fraction of sp³-hybridized carbons (Fsp3) is 0.800. The molecule has 1 fully saturated rings. The first-order valence-electron chi connectivity index (χ1n) is 6.91. The van der Waals surface area contributed by atoms with E-state index in [4.69, 9.17) is 9.84 Å². The van der Waals surface area contributed by atoms with Gasteiger partial charge < -0.3 is 9.84 Å². The Kier molecular flexibility index (Phi) is 5.86. The normalized spacial score (nSPS) is 29.6. The number of carboxylic acids is 1. The molecule has 0 radical (unpaired) electrons. The summed E-state index contributed by atoms with van der Waals surface area (Å²) in [5, 5.41) is 8.67. The van der Waals surface area contributed by atoms with Crippen LogP contribution in [-0.2, 0) is 9.53 Å². The molecule has 3 atom stereocenters. The van der Waals surface area contributed by atoms with Gasteiger partial charge in [0, 0.05) is 6.08 Å². The largest absolute Gasteiger partial charge is 0.478 e. The molecule has 104 valence electrons. The summed E-state index contributed by atoms with van der Waals surface area (Å²) in [5.74, 6) is 1.06. The van der Waals surface area contributed by atoms with Crippen molar-refractivity contribution in [1.82, 2.24) is 0 Å². The molecule has 18 heavy (non-hydrogen) atoms. The molecule has 0 aromatic heterocycles. The Hall–Kier alpha value is -0.830. The van der Waals surface area contributed by atoms with Crippen molar-refractivity contribution in [2.75, 3.05) is 6.61 Å². The number of ether oxygens (including phenoxy) is 1. The van der Waals surface area contributed by atoms with Gasteiger partial charge in [0.05, 0.1) is 12.7 Å². The minimum absolute atomic E-state index is 0.283. The van der Waals surface area contributed by atoms with Crippen molar-refractivity contribution in [3.05, 3.63) is 11.6 Å². The van der Waals surface area contributed by atoms with Crippen LogP contribution < -0.4 is 0 Å². The summed E-state index contributed by atoms with van der Waals surface area (Å²) in [6.07, 6.45) is 5.13. The van der Waals surface area contributed by atoms with Crippen LogP contribution in [0.3, 0.4) is 0 Å². The topological polar surface area (TPSA) is 46.5 Å². The predicted molar refractivity (Wildman–Crippen MR) is 72.5 cm³/mol. The Morgan fingerprint density at radius 1 is 1.44 bits per heavy atom. The Balaban J connectivity index is 2.53. The van der Waals surface area contributed by atoms with Crippen LogP contribution in [0, 0.1) is 17.8 Å². The summed E-state index contributed by atoms with van der Waals surface area (Å²) >= 11 is 0. The quantitative estimate of drug-likeness (QED) is 0.764. The third-order valence-electron chi connectivity index (χ3n) is 3.86. The highest BCUT2D eigenvalue weighted by Crippen LogP contribution is 2.35. The van der Waals surface area contributed by atoms with Gasteiger partial charge in [-0.2, -0.15) is 0 Å². The molecule has 0 spiro atoms. The Labute approximate surface area is 110 Å². The molecule has 3 nitrogen and oxygen atoms in total. The maximum atomic E-state index is 10.6. The molecule has 0 aromatic rings. The third kappa shape index (κ3) is 4.81. The second kappa shape index (κ2) is 6.93. The average molecular weight is 254 g/mol. The van der Waals surface area contributed by atoms with Crippen LogP contribution in [0.2, 0.25) is 0 Å². The first kappa shape index (κ1) is 15.2. The van der Waals surface area contributed by atoms with Crippen LogP contribution in [0.15, 0.2) is 11.6 Å². The first-order chi connectivity index (χ1) is 8.40. The lowest BCUT2D eigenvalue weighted by atomic mass is 9.75. The number of hydrogen-bond acceptors (Lipinski definition) is 2. The monoisotopic (exact) mass is 254 g/mol. The number of carbonyl (C=O) groups is 1. The molecule has 0 aliphatic heterocycles. The van der Waals surface area contributed by atoms with Gasteiger partial charge in [-0.25, -0.2) is 4.79 Å². The fourth-order valence-electron chi connectivity index (χ4n) is 2.80. The molecule has 1 rings (SSSR count). The SMILES string of the molecule is CC(=CC(=O)O)COC1CC(C)CCC1C(C)C. The van der Waals surface area contributed by atoms with E-state index in [0.717, 1.165) is 12.0 Å². The van der Waals surface area contributed by atoms with Crippen molar-refractivity contribution in [2.45, 2.75) is 53.1 Å². The summed E-state index contributed by atoms with van der Waals surface area (Å²) in [5.41, 5.74) is 0.781. The second-order valence-corrected chi connectivity index (χ2v) is 6.00. The van der Waals surface area contributed by atoms with Crippen molar-refractivity contribution in [2.24, 2.45) is 17.8 Å². The van der Waals surface area contributed by atoms with E-state index >= 15 is 0 Å². The maximum absolute atomic E-state index is 10.6. The molecule has 0 aromatic carbocycles. The van der Waals surface area contributed by atoms with Gasteiger partial charge in [0.15, 0.2) is 0 Å². The highest BCUT2D eigenvalue weighted by molar-refractivity contribution is 5.80. The van der Waals surface area contributed by atoms with Crippen LogP contribution in [0.4, 0.5) is 0 Å². The van der Waals surface area contributed by atoms with Crippen molar-refractivity contribution in [3.63, 3.8) is 0 Å². The van der Waals surface area contributed by atoms with Crippen LogP contribution >= 0.6 is 0 Å². The van der Waals surface area contributed by atoms with Gasteiger partial charge in [0.25, 0.3) is 0 Å². The zero-order valence-corrected chi connectivity index (χ0v) is 12.0. The lowest BCUT2D eigenvalue weighted by Crippen LogP contribution is -2.34. The van der Waals surface area contributed by atoms with Crippen LogP contribution in [-0.4, -0.2) is 23.8 Å². The smallest absolute Gasteiger partial charge is 0.328 e. The molecule has 3 unspecified atom stereocenters. The average Bonchev–Trinajstić information content (AvgIpc) is 2.25. The highest BCUT2D eigenvalue weighted by Gasteiger charge is 2.31. The van der Waals surface area contributed by atoms with Crippen LogP contribution in [0.25, 0.3) is 0 Å². The van der Waals surface area contributed by atoms with E-state index in [1.165, 1.54) is 18.9 Å². The molecule has 1 aliphatic rings. The van der Waals surface area contributed by atoms with Gasteiger partial charge in [-0.3, -0.25) is 0 Å². The first-order valence-corrected chi connectivity index (χ1v) is 6.91. The summed E-state index contributed by atoms with van der Waals surface area (Å²) in [6, 6.07) is 0. The number of hydrogen-bond donors (Lipinski definition) is 1. The van der Waals surface area contributed by atoms with Crippen LogP contribution in [0.5, 0.6) is 0 Å². The minimum atomic E-state index is -0.895. The molecular formula is C15H26O3. The van der Waals surface area contributed by atoms with E-state index in [1.807, 2.05) is 6.92 Å². The zero-order chi connectivity index (χ0) is 13.7. The lowest BCUT2D eigenvalue weighted by Gasteiger charge is -2.37. The predicted octanol–water partition coefficient (Wildman–Crippen LogP) is 3.49. The minimum Gasteiger partial charge on any atom is -0.478 e. The molecule has 0 bridgehead atoms. The van der Waals surface area contributed by atoms with E-state index in [1.54, 1.807) is 0 Å². The van der Waals surface area contributed by atoms with Gasteiger partial charge in [-0.1, -0.05) is 27.2 Å². The standard InChI is InChI=1S/C15H26O3/c1-10(2)13-6-5-11(3)7-14(13)18-9-12(4)8-15(16)17/h8,10-11,13-14H,5-7,9H2,1-4H3,(H,16,17). The number of aliphatic carboxylic acids is 1. The molecule has 1 aliphatic carbocycles. The van der Waals surface area contributed by atoms with Crippen molar-refractivity contribution in [1.29, 1.82) is 0 Å². The molecule has 0 amide bonds. The van der Waals surface area contributed by atoms with E-state index in [-0.39, 0.29) is 6.10 Å². The zero-order valence-electron chi connectivity index (χ0n) is 12.0. The van der Waals surface area contributed by atoms with E-state index < -0.39 is 5.97 Å². The Morgan fingerprint density at radius 3 is 2.67 bits per heavy atom. The molecule has 3 heteroatoms. The second-order valence-electron chi connectivity index (χ2n) is 6.00. The molecule has 1 saturated carbocycles. The summed E-state index contributed by atoms with van der Waals surface area (Å²) in [6.45, 7) is 9.01. The molecule has 0 saturated heterocycles. The summed E-state index contributed by atoms with van der Waals surface area (Å²) in [4.78, 5) is 10.6. The van der Waals surface area contributed by atoms with E-state index in [0.29, 0.717) is 24.4 Å². The van der Waals surface area contributed by atoms with Crippen molar-refractivity contribution < 1.29 is 14.6 Å². The fourth-order valence-corrected chi connectivity index (χ4v) is 2.80. The maximum Gasteiger partial charge on any atom is 0.328 e. The highest BCUT2D eigenvalue weighted by atomic mass is 16.5. The molecule has 0 heterocycles.